The van der Waals surface area contributed by atoms with Gasteiger partial charge in [0.1, 0.15) is 0 Å². The number of piperazine rings is 1. The van der Waals surface area contributed by atoms with E-state index in [-0.39, 0.29) is 5.91 Å². The van der Waals surface area contributed by atoms with E-state index in [1.807, 2.05) is 18.2 Å². The number of amides is 1. The number of rotatable bonds is 6. The fourth-order valence-corrected chi connectivity index (χ4v) is 3.84. The lowest BCUT2D eigenvalue weighted by molar-refractivity contribution is -0.892. The van der Waals surface area contributed by atoms with Crippen molar-refractivity contribution in [3.63, 3.8) is 0 Å². The van der Waals surface area contributed by atoms with Gasteiger partial charge in [-0.3, -0.25) is 4.79 Å². The molecule has 0 radical (unpaired) electrons. The second-order valence-corrected chi connectivity index (χ2v) is 7.65. The Kier molecular flexibility index (Phi) is 6.51. The summed E-state index contributed by atoms with van der Waals surface area (Å²) in [7, 11) is 0. The maximum absolute atomic E-state index is 12.6. The number of benzene rings is 2. The minimum absolute atomic E-state index is 0.116. The van der Waals surface area contributed by atoms with Crippen molar-refractivity contribution in [2.45, 2.75) is 33.1 Å². The van der Waals surface area contributed by atoms with Crippen LogP contribution in [-0.4, -0.2) is 38.6 Å². The van der Waals surface area contributed by atoms with Gasteiger partial charge >= 0.3 is 0 Å². The molecule has 0 aliphatic carbocycles. The van der Waals surface area contributed by atoms with Crippen molar-refractivity contribution in [2.75, 3.05) is 42.9 Å². The third-order valence-electron chi connectivity index (χ3n) is 5.72. The smallest absolute Gasteiger partial charge is 0.279 e. The highest BCUT2D eigenvalue weighted by Gasteiger charge is 2.23. The topological polar surface area (TPSA) is 36.8 Å². The average molecular weight is 367 g/mol. The molecule has 4 nitrogen and oxygen atoms in total. The highest BCUT2D eigenvalue weighted by atomic mass is 16.2. The van der Waals surface area contributed by atoms with Crippen LogP contribution in [0.1, 0.15) is 37.3 Å². The molecule has 1 aliphatic heterocycles. The standard InChI is InChI=1S/C23H31N3O/c1-4-18(2)20-10-6-7-11-21(20)24-23(27)17-25-13-15-26(16-14-25)22-12-8-5-9-19(22)3/h5-12,18H,4,13-17H2,1-3H3,(H,24,27)/p+1/t18-/m0/s1. The Morgan fingerprint density at radius 2 is 1.78 bits per heavy atom. The van der Waals surface area contributed by atoms with E-state index < -0.39 is 0 Å². The van der Waals surface area contributed by atoms with Crippen LogP contribution >= 0.6 is 0 Å². The van der Waals surface area contributed by atoms with Gasteiger partial charge in [0.15, 0.2) is 6.54 Å². The predicted octanol–water partition coefficient (Wildman–Crippen LogP) is 2.85. The van der Waals surface area contributed by atoms with E-state index in [9.17, 15) is 4.79 Å². The van der Waals surface area contributed by atoms with Crippen molar-refractivity contribution < 1.29 is 9.69 Å². The molecule has 1 heterocycles. The number of carbonyl (C=O) groups is 1. The summed E-state index contributed by atoms with van der Waals surface area (Å²) in [6.45, 7) is 11.1. The van der Waals surface area contributed by atoms with E-state index in [1.165, 1.54) is 21.7 Å². The fourth-order valence-electron chi connectivity index (χ4n) is 3.84. The maximum Gasteiger partial charge on any atom is 0.279 e. The number of hydrogen-bond acceptors (Lipinski definition) is 2. The second kappa shape index (κ2) is 9.05. The molecule has 0 unspecified atom stereocenters. The summed E-state index contributed by atoms with van der Waals surface area (Å²) in [4.78, 5) is 16.4. The summed E-state index contributed by atoms with van der Waals surface area (Å²) in [6.07, 6.45) is 1.07. The zero-order valence-corrected chi connectivity index (χ0v) is 16.8. The van der Waals surface area contributed by atoms with E-state index in [1.54, 1.807) is 0 Å². The van der Waals surface area contributed by atoms with Crippen LogP contribution in [0.15, 0.2) is 48.5 Å². The summed E-state index contributed by atoms with van der Waals surface area (Å²) in [5.74, 6) is 0.566. The van der Waals surface area contributed by atoms with Crippen molar-refractivity contribution in [2.24, 2.45) is 0 Å². The number of nitrogens with zero attached hydrogens (tertiary/aromatic N) is 1. The zero-order valence-electron chi connectivity index (χ0n) is 16.8. The molecule has 2 aromatic carbocycles. The lowest BCUT2D eigenvalue weighted by atomic mass is 9.97. The Hall–Kier alpha value is -2.33. The van der Waals surface area contributed by atoms with Gasteiger partial charge in [-0.1, -0.05) is 50.2 Å². The summed E-state index contributed by atoms with van der Waals surface area (Å²) < 4.78 is 0. The van der Waals surface area contributed by atoms with Crippen molar-refractivity contribution in [3.05, 3.63) is 59.7 Å². The minimum atomic E-state index is 0.116. The van der Waals surface area contributed by atoms with E-state index >= 15 is 0 Å². The van der Waals surface area contributed by atoms with Gasteiger partial charge in [-0.15, -0.1) is 0 Å². The zero-order chi connectivity index (χ0) is 19.2. The molecule has 1 atom stereocenters. The quantitative estimate of drug-likeness (QED) is 0.825. The first-order valence-electron chi connectivity index (χ1n) is 10.1. The molecule has 0 saturated carbocycles. The van der Waals surface area contributed by atoms with E-state index in [0.717, 1.165) is 38.3 Å². The molecule has 0 aromatic heterocycles. The number of para-hydroxylation sites is 2. The minimum Gasteiger partial charge on any atom is -0.360 e. The van der Waals surface area contributed by atoms with Crippen LogP contribution in [0.25, 0.3) is 0 Å². The fraction of sp³-hybridized carbons (Fsp3) is 0.435. The molecule has 4 heteroatoms. The second-order valence-electron chi connectivity index (χ2n) is 7.65. The Morgan fingerprint density at radius 1 is 1.11 bits per heavy atom. The Morgan fingerprint density at radius 3 is 2.48 bits per heavy atom. The van der Waals surface area contributed by atoms with Gasteiger partial charge in [0.2, 0.25) is 0 Å². The number of anilines is 2. The molecular weight excluding hydrogens is 334 g/mol. The normalized spacial score (nSPS) is 16.2. The summed E-state index contributed by atoms with van der Waals surface area (Å²) >= 11 is 0. The summed E-state index contributed by atoms with van der Waals surface area (Å²) in [5.41, 5.74) is 4.84. The molecule has 27 heavy (non-hydrogen) atoms. The van der Waals surface area contributed by atoms with Crippen LogP contribution < -0.4 is 15.1 Å². The molecule has 1 amide bonds. The van der Waals surface area contributed by atoms with Gasteiger partial charge in [0.05, 0.1) is 26.2 Å². The number of hydrogen-bond donors (Lipinski definition) is 2. The lowest BCUT2D eigenvalue weighted by Gasteiger charge is -2.34. The predicted molar refractivity (Wildman–Crippen MR) is 113 cm³/mol. The van der Waals surface area contributed by atoms with Crippen molar-refractivity contribution >= 4 is 17.3 Å². The summed E-state index contributed by atoms with van der Waals surface area (Å²) in [6, 6.07) is 16.7. The first kappa shape index (κ1) is 19.4. The first-order chi connectivity index (χ1) is 13.1. The van der Waals surface area contributed by atoms with E-state index in [0.29, 0.717) is 12.5 Å². The Balaban J connectivity index is 1.54. The van der Waals surface area contributed by atoms with E-state index in [4.69, 9.17) is 0 Å². The van der Waals surface area contributed by atoms with Crippen LogP contribution in [0.4, 0.5) is 11.4 Å². The molecule has 144 valence electrons. The molecule has 2 aromatic rings. The van der Waals surface area contributed by atoms with Gasteiger partial charge in [0.25, 0.3) is 5.91 Å². The van der Waals surface area contributed by atoms with Crippen LogP contribution in [0.2, 0.25) is 0 Å². The molecule has 1 saturated heterocycles. The molecule has 3 rings (SSSR count). The molecule has 2 N–H and O–H groups in total. The maximum atomic E-state index is 12.6. The van der Waals surface area contributed by atoms with E-state index in [2.05, 4.69) is 61.3 Å². The number of nitrogens with one attached hydrogen (secondary N) is 2. The Labute approximate surface area is 163 Å². The monoisotopic (exact) mass is 366 g/mol. The number of quaternary nitrogens is 1. The van der Waals surface area contributed by atoms with Gasteiger partial charge in [0, 0.05) is 11.4 Å². The lowest BCUT2D eigenvalue weighted by Crippen LogP contribution is -3.15. The Bertz CT molecular complexity index is 766. The van der Waals surface area contributed by atoms with Crippen LogP contribution in [0, 0.1) is 6.92 Å². The SMILES string of the molecule is CC[C@H](C)c1ccccc1NC(=O)C[NH+]1CCN(c2ccccc2C)CC1. The van der Waals surface area contributed by atoms with Crippen LogP contribution in [0.3, 0.4) is 0 Å². The van der Waals surface area contributed by atoms with Gasteiger partial charge in [-0.05, 0) is 42.5 Å². The largest absolute Gasteiger partial charge is 0.360 e. The number of aryl methyl sites for hydroxylation is 1. The highest BCUT2D eigenvalue weighted by molar-refractivity contribution is 5.92. The molecule has 1 fully saturated rings. The third-order valence-corrected chi connectivity index (χ3v) is 5.72. The van der Waals surface area contributed by atoms with Gasteiger partial charge in [-0.25, -0.2) is 0 Å². The van der Waals surface area contributed by atoms with Crippen molar-refractivity contribution in [3.8, 4) is 0 Å². The number of carbonyl (C=O) groups excluding carboxylic acids is 1. The van der Waals surface area contributed by atoms with Crippen molar-refractivity contribution in [1.82, 2.24) is 0 Å². The van der Waals surface area contributed by atoms with Gasteiger partial charge in [-0.2, -0.15) is 0 Å². The molecule has 0 spiro atoms. The van der Waals surface area contributed by atoms with Crippen molar-refractivity contribution in [1.29, 1.82) is 0 Å². The van der Waals surface area contributed by atoms with Crippen LogP contribution in [-0.2, 0) is 4.79 Å². The molecule has 0 bridgehead atoms. The molecule has 1 aliphatic rings. The first-order valence-corrected chi connectivity index (χ1v) is 10.1. The molecular formula is C23H32N3O+. The van der Waals surface area contributed by atoms with Gasteiger partial charge < -0.3 is 15.1 Å². The average Bonchev–Trinajstić information content (AvgIpc) is 2.69. The third kappa shape index (κ3) is 4.89. The van der Waals surface area contributed by atoms with Crippen LogP contribution in [0.5, 0.6) is 0 Å². The summed E-state index contributed by atoms with van der Waals surface area (Å²) in [5, 5.41) is 3.15. The highest BCUT2D eigenvalue weighted by Crippen LogP contribution is 2.26.